The maximum Gasteiger partial charge on any atom is 0.240 e. The lowest BCUT2D eigenvalue weighted by Gasteiger charge is -2.09. The van der Waals surface area contributed by atoms with Crippen LogP contribution in [0.2, 0.25) is 0 Å². The Hall–Kier alpha value is -2.18. The summed E-state index contributed by atoms with van der Waals surface area (Å²) in [6, 6.07) is 14.5. The quantitative estimate of drug-likeness (QED) is 0.799. The molecular weight excluding hydrogens is 336 g/mol. The molecule has 0 heterocycles. The van der Waals surface area contributed by atoms with E-state index in [1.54, 1.807) is 24.3 Å². The zero-order valence-corrected chi connectivity index (χ0v) is 15.0. The van der Waals surface area contributed by atoms with Crippen LogP contribution in [0.1, 0.15) is 30.4 Å². The van der Waals surface area contributed by atoms with Crippen molar-refractivity contribution < 1.29 is 13.2 Å². The van der Waals surface area contributed by atoms with Gasteiger partial charge in [-0.2, -0.15) is 0 Å². The Morgan fingerprint density at radius 2 is 1.76 bits per heavy atom. The van der Waals surface area contributed by atoms with Crippen molar-refractivity contribution in [3.05, 3.63) is 59.7 Å². The van der Waals surface area contributed by atoms with Crippen LogP contribution >= 0.6 is 0 Å². The normalized spacial score (nSPS) is 14.3. The molecule has 0 unspecified atom stereocenters. The molecule has 25 heavy (non-hydrogen) atoms. The zero-order valence-electron chi connectivity index (χ0n) is 14.2. The molecule has 0 radical (unpaired) electrons. The summed E-state index contributed by atoms with van der Waals surface area (Å²) in [4.78, 5) is 12.3. The molecule has 3 rings (SSSR count). The molecule has 1 aliphatic carbocycles. The van der Waals surface area contributed by atoms with E-state index in [1.165, 1.54) is 0 Å². The van der Waals surface area contributed by atoms with Crippen LogP contribution in [0.5, 0.6) is 0 Å². The van der Waals surface area contributed by atoms with Gasteiger partial charge in [-0.1, -0.05) is 30.3 Å². The van der Waals surface area contributed by atoms with E-state index in [2.05, 4.69) is 10.0 Å². The van der Waals surface area contributed by atoms with Crippen LogP contribution in [-0.2, 0) is 21.2 Å². The van der Waals surface area contributed by atoms with Crippen LogP contribution in [0.4, 0.5) is 5.69 Å². The Balaban J connectivity index is 1.55. The summed E-state index contributed by atoms with van der Waals surface area (Å²) in [7, 11) is -3.42. The minimum atomic E-state index is -3.42. The first kappa shape index (κ1) is 17.6. The molecule has 2 aromatic rings. The van der Waals surface area contributed by atoms with Gasteiger partial charge in [0.1, 0.15) is 0 Å². The van der Waals surface area contributed by atoms with Gasteiger partial charge in [-0.3, -0.25) is 4.79 Å². The summed E-state index contributed by atoms with van der Waals surface area (Å²) < 4.78 is 26.9. The van der Waals surface area contributed by atoms with Crippen molar-refractivity contribution in [3.8, 4) is 0 Å². The highest BCUT2D eigenvalue weighted by molar-refractivity contribution is 7.89. The van der Waals surface area contributed by atoms with E-state index in [9.17, 15) is 13.2 Å². The lowest BCUT2D eigenvalue weighted by molar-refractivity contribution is -0.116. The van der Waals surface area contributed by atoms with Crippen molar-refractivity contribution >= 4 is 21.6 Å². The maximum atomic E-state index is 12.1. The molecule has 132 valence electrons. The first-order valence-corrected chi connectivity index (χ1v) is 9.89. The monoisotopic (exact) mass is 358 g/mol. The fourth-order valence-electron chi connectivity index (χ4n) is 2.51. The predicted octanol–water partition coefficient (Wildman–Crippen LogP) is 3.01. The highest BCUT2D eigenvalue weighted by Gasteiger charge is 2.27. The summed E-state index contributed by atoms with van der Waals surface area (Å²) in [5, 5.41) is 2.90. The van der Waals surface area contributed by atoms with Crippen LogP contribution in [-0.4, -0.2) is 20.4 Å². The standard InChI is InChI=1S/C19H22N2O3S/c1-14-4-2-3-5-18(14)20-19(22)13-8-15-6-11-17(12-7-15)25(23,24)21-16-9-10-16/h2-7,11-12,16,21H,8-10,13H2,1H3,(H,20,22). The van der Waals surface area contributed by atoms with Gasteiger partial charge in [0, 0.05) is 18.2 Å². The van der Waals surface area contributed by atoms with Gasteiger partial charge in [0.15, 0.2) is 0 Å². The number of benzene rings is 2. The highest BCUT2D eigenvalue weighted by Crippen LogP contribution is 2.22. The molecule has 1 amide bonds. The van der Waals surface area contributed by atoms with E-state index >= 15 is 0 Å². The minimum absolute atomic E-state index is 0.0543. The Morgan fingerprint density at radius 3 is 2.40 bits per heavy atom. The van der Waals surface area contributed by atoms with E-state index in [0.29, 0.717) is 12.8 Å². The van der Waals surface area contributed by atoms with Crippen LogP contribution in [0.3, 0.4) is 0 Å². The largest absolute Gasteiger partial charge is 0.326 e. The summed E-state index contributed by atoms with van der Waals surface area (Å²) in [6.07, 6.45) is 2.73. The van der Waals surface area contributed by atoms with Gasteiger partial charge in [-0.15, -0.1) is 0 Å². The van der Waals surface area contributed by atoms with Crippen molar-refractivity contribution in [2.75, 3.05) is 5.32 Å². The van der Waals surface area contributed by atoms with Gasteiger partial charge in [-0.25, -0.2) is 13.1 Å². The molecule has 1 aliphatic rings. The number of anilines is 1. The number of carbonyl (C=O) groups excluding carboxylic acids is 1. The molecule has 1 fully saturated rings. The fraction of sp³-hybridized carbons (Fsp3) is 0.316. The average Bonchev–Trinajstić information content (AvgIpc) is 3.39. The summed E-state index contributed by atoms with van der Waals surface area (Å²) in [5.41, 5.74) is 2.78. The van der Waals surface area contributed by atoms with Crippen LogP contribution in [0.15, 0.2) is 53.4 Å². The molecule has 0 saturated heterocycles. The number of nitrogens with one attached hydrogen (secondary N) is 2. The van der Waals surface area contributed by atoms with Gasteiger partial charge in [0.05, 0.1) is 4.90 Å². The smallest absolute Gasteiger partial charge is 0.240 e. The van der Waals surface area contributed by atoms with Crippen molar-refractivity contribution in [1.29, 1.82) is 0 Å². The van der Waals surface area contributed by atoms with Crippen molar-refractivity contribution in [3.63, 3.8) is 0 Å². The lowest BCUT2D eigenvalue weighted by Crippen LogP contribution is -2.25. The van der Waals surface area contributed by atoms with E-state index in [4.69, 9.17) is 0 Å². The number of aryl methyl sites for hydroxylation is 2. The number of rotatable bonds is 7. The van der Waals surface area contributed by atoms with Gasteiger partial charge >= 0.3 is 0 Å². The Labute approximate surface area is 148 Å². The third-order valence-corrected chi connectivity index (χ3v) is 5.73. The number of amides is 1. The second kappa shape index (κ2) is 7.37. The van der Waals surface area contributed by atoms with Crippen molar-refractivity contribution in [2.24, 2.45) is 0 Å². The molecule has 0 aromatic heterocycles. The molecule has 2 N–H and O–H groups in total. The molecule has 0 spiro atoms. The van der Waals surface area contributed by atoms with Crippen molar-refractivity contribution in [1.82, 2.24) is 4.72 Å². The van der Waals surface area contributed by atoms with Gasteiger partial charge in [0.2, 0.25) is 15.9 Å². The summed E-state index contributed by atoms with van der Waals surface area (Å²) in [6.45, 7) is 1.95. The number of carbonyl (C=O) groups is 1. The second-order valence-electron chi connectivity index (χ2n) is 6.40. The molecule has 5 nitrogen and oxygen atoms in total. The third-order valence-electron chi connectivity index (χ3n) is 4.19. The van der Waals surface area contributed by atoms with Gasteiger partial charge in [-0.05, 0) is 55.5 Å². The minimum Gasteiger partial charge on any atom is -0.326 e. The van der Waals surface area contributed by atoms with Crippen LogP contribution < -0.4 is 10.0 Å². The number of hydrogen-bond acceptors (Lipinski definition) is 3. The van der Waals surface area contributed by atoms with Gasteiger partial charge in [0.25, 0.3) is 0 Å². The average molecular weight is 358 g/mol. The Kier molecular flexibility index (Phi) is 5.20. The third kappa shape index (κ3) is 4.90. The maximum absolute atomic E-state index is 12.1. The van der Waals surface area contributed by atoms with E-state index in [-0.39, 0.29) is 16.8 Å². The lowest BCUT2D eigenvalue weighted by atomic mass is 10.1. The topological polar surface area (TPSA) is 75.3 Å². The van der Waals surface area contributed by atoms with Crippen LogP contribution in [0.25, 0.3) is 0 Å². The molecule has 2 aromatic carbocycles. The molecule has 1 saturated carbocycles. The SMILES string of the molecule is Cc1ccccc1NC(=O)CCc1ccc(S(=O)(=O)NC2CC2)cc1. The Morgan fingerprint density at radius 1 is 1.08 bits per heavy atom. The molecular formula is C19H22N2O3S. The van der Waals surface area contributed by atoms with Crippen LogP contribution in [0, 0.1) is 6.92 Å². The predicted molar refractivity (Wildman–Crippen MR) is 97.9 cm³/mol. The summed E-state index contributed by atoms with van der Waals surface area (Å²) in [5.74, 6) is -0.0543. The van der Waals surface area contributed by atoms with Crippen molar-refractivity contribution in [2.45, 2.75) is 43.5 Å². The van der Waals surface area contributed by atoms with E-state index in [1.807, 2.05) is 31.2 Å². The number of para-hydroxylation sites is 1. The summed E-state index contributed by atoms with van der Waals surface area (Å²) >= 11 is 0. The van der Waals surface area contributed by atoms with Gasteiger partial charge < -0.3 is 5.32 Å². The number of sulfonamides is 1. The van der Waals surface area contributed by atoms with E-state index in [0.717, 1.165) is 29.7 Å². The second-order valence-corrected chi connectivity index (χ2v) is 8.12. The highest BCUT2D eigenvalue weighted by atomic mass is 32.2. The molecule has 6 heteroatoms. The fourth-order valence-corrected chi connectivity index (χ4v) is 3.81. The first-order valence-electron chi connectivity index (χ1n) is 8.41. The Bertz CT molecular complexity index is 856. The molecule has 0 atom stereocenters. The first-order chi connectivity index (χ1) is 11.9. The molecule has 0 bridgehead atoms. The number of hydrogen-bond donors (Lipinski definition) is 2. The molecule has 0 aliphatic heterocycles. The van der Waals surface area contributed by atoms with E-state index < -0.39 is 10.0 Å². The zero-order chi connectivity index (χ0) is 17.9.